The predicted molar refractivity (Wildman–Crippen MR) is 106 cm³/mol. The second kappa shape index (κ2) is 9.27. The number of nitrogens with one attached hydrogen (secondary N) is 1. The third-order valence-corrected chi connectivity index (χ3v) is 4.16. The number of nitrogens with zero attached hydrogens (tertiary/aromatic N) is 1. The fraction of sp³-hybridized carbons (Fsp3) is 0.158. The Morgan fingerprint density at radius 3 is 2.62 bits per heavy atom. The molecular formula is C19H16BrClN2O3. The highest BCUT2D eigenvalue weighted by molar-refractivity contribution is 9.10. The van der Waals surface area contributed by atoms with E-state index in [0.717, 1.165) is 0 Å². The summed E-state index contributed by atoms with van der Waals surface area (Å²) in [7, 11) is 1.52. The van der Waals surface area contributed by atoms with Crippen molar-refractivity contribution in [3.05, 3.63) is 57.0 Å². The first-order valence-corrected chi connectivity index (χ1v) is 8.84. The molecule has 0 aliphatic heterocycles. The topological polar surface area (TPSA) is 71.3 Å². The monoisotopic (exact) mass is 434 g/mol. The van der Waals surface area contributed by atoms with Crippen molar-refractivity contribution in [3.63, 3.8) is 0 Å². The Morgan fingerprint density at radius 2 is 2.04 bits per heavy atom. The number of carbonyl (C=O) groups excluding carboxylic acids is 1. The Kier molecular flexibility index (Phi) is 7.07. The Morgan fingerprint density at radius 1 is 1.35 bits per heavy atom. The molecule has 26 heavy (non-hydrogen) atoms. The van der Waals surface area contributed by atoms with Crippen molar-refractivity contribution in [2.45, 2.75) is 6.92 Å². The van der Waals surface area contributed by atoms with Crippen molar-refractivity contribution in [2.75, 3.05) is 19.0 Å². The number of hydrogen-bond acceptors (Lipinski definition) is 4. The van der Waals surface area contributed by atoms with Crippen LogP contribution in [0.25, 0.3) is 6.08 Å². The highest BCUT2D eigenvalue weighted by atomic mass is 79.9. The van der Waals surface area contributed by atoms with Gasteiger partial charge in [0.15, 0.2) is 11.5 Å². The first-order valence-electron chi connectivity index (χ1n) is 7.67. The lowest BCUT2D eigenvalue weighted by molar-refractivity contribution is -0.112. The van der Waals surface area contributed by atoms with Gasteiger partial charge in [-0.15, -0.1) is 0 Å². The molecule has 0 aliphatic rings. The van der Waals surface area contributed by atoms with Crippen LogP contribution in [-0.4, -0.2) is 19.6 Å². The largest absolute Gasteiger partial charge is 0.493 e. The number of benzene rings is 2. The molecular weight excluding hydrogens is 420 g/mol. The molecule has 7 heteroatoms. The molecule has 5 nitrogen and oxygen atoms in total. The minimum Gasteiger partial charge on any atom is -0.493 e. The van der Waals surface area contributed by atoms with Crippen LogP contribution in [-0.2, 0) is 4.79 Å². The summed E-state index contributed by atoms with van der Waals surface area (Å²) in [6.07, 6.45) is 1.48. The molecule has 0 aliphatic carbocycles. The molecule has 0 radical (unpaired) electrons. The Bertz CT molecular complexity index is 874. The van der Waals surface area contributed by atoms with E-state index >= 15 is 0 Å². The first-order chi connectivity index (χ1) is 12.5. The lowest BCUT2D eigenvalue weighted by atomic mass is 10.1. The van der Waals surface area contributed by atoms with Crippen molar-refractivity contribution < 1.29 is 14.3 Å². The minimum absolute atomic E-state index is 0.0435. The summed E-state index contributed by atoms with van der Waals surface area (Å²) in [4.78, 5) is 12.3. The highest BCUT2D eigenvalue weighted by Crippen LogP contribution is 2.37. The molecule has 0 bridgehead atoms. The number of rotatable bonds is 6. The maximum atomic E-state index is 12.3. The maximum Gasteiger partial charge on any atom is 0.266 e. The highest BCUT2D eigenvalue weighted by Gasteiger charge is 2.13. The number of amides is 1. The van der Waals surface area contributed by atoms with Gasteiger partial charge in [-0.3, -0.25) is 4.79 Å². The first kappa shape index (κ1) is 19.8. The van der Waals surface area contributed by atoms with Gasteiger partial charge in [0.05, 0.1) is 18.2 Å². The smallest absolute Gasteiger partial charge is 0.266 e. The molecule has 0 spiro atoms. The molecule has 0 unspecified atom stereocenters. The molecule has 1 N–H and O–H groups in total. The van der Waals surface area contributed by atoms with Gasteiger partial charge >= 0.3 is 0 Å². The standard InChI is InChI=1S/C19H16BrClN2O3/c1-3-26-18-16(20)9-12(10-17(18)25-2)8-13(11-22)19(24)23-15-6-4-14(21)5-7-15/h4-10H,3H2,1-2H3,(H,23,24)/b13-8-. The zero-order chi connectivity index (χ0) is 19.1. The number of carbonyl (C=O) groups is 1. The molecule has 0 saturated heterocycles. The van der Waals surface area contributed by atoms with Crippen LogP contribution >= 0.6 is 27.5 Å². The maximum absolute atomic E-state index is 12.3. The number of methoxy groups -OCH3 is 1. The molecule has 0 atom stereocenters. The van der Waals surface area contributed by atoms with E-state index < -0.39 is 5.91 Å². The third-order valence-electron chi connectivity index (χ3n) is 3.32. The van der Waals surface area contributed by atoms with E-state index in [-0.39, 0.29) is 5.57 Å². The fourth-order valence-electron chi connectivity index (χ4n) is 2.15. The van der Waals surface area contributed by atoms with Crippen LogP contribution in [0.4, 0.5) is 5.69 Å². The summed E-state index contributed by atoms with van der Waals surface area (Å²) in [6.45, 7) is 2.35. The molecule has 1 amide bonds. The van der Waals surface area contributed by atoms with E-state index in [0.29, 0.717) is 38.9 Å². The van der Waals surface area contributed by atoms with Crippen LogP contribution in [0, 0.1) is 11.3 Å². The lowest BCUT2D eigenvalue weighted by Gasteiger charge is -2.12. The second-order valence-corrected chi connectivity index (χ2v) is 6.39. The van der Waals surface area contributed by atoms with Gasteiger partial charge in [-0.25, -0.2) is 0 Å². The van der Waals surface area contributed by atoms with Crippen molar-refractivity contribution in [1.82, 2.24) is 0 Å². The number of anilines is 1. The van der Waals surface area contributed by atoms with Crippen LogP contribution in [0.2, 0.25) is 5.02 Å². The summed E-state index contributed by atoms with van der Waals surface area (Å²) in [5.74, 6) is 0.554. The molecule has 0 saturated carbocycles. The van der Waals surface area contributed by atoms with E-state index in [1.54, 1.807) is 36.4 Å². The van der Waals surface area contributed by atoms with E-state index in [1.165, 1.54) is 13.2 Å². The normalized spacial score (nSPS) is 10.8. The summed E-state index contributed by atoms with van der Waals surface area (Å²) < 4.78 is 11.5. The second-order valence-electron chi connectivity index (χ2n) is 5.10. The van der Waals surface area contributed by atoms with Crippen LogP contribution in [0.15, 0.2) is 46.4 Å². The Labute approximate surface area is 165 Å². The summed E-state index contributed by atoms with van der Waals surface area (Å²) in [6, 6.07) is 12.0. The van der Waals surface area contributed by atoms with Gasteiger partial charge < -0.3 is 14.8 Å². The average Bonchev–Trinajstić information content (AvgIpc) is 2.63. The van der Waals surface area contributed by atoms with Crippen molar-refractivity contribution in [1.29, 1.82) is 5.26 Å². The van der Waals surface area contributed by atoms with Crippen LogP contribution in [0.3, 0.4) is 0 Å². The lowest BCUT2D eigenvalue weighted by Crippen LogP contribution is -2.13. The van der Waals surface area contributed by atoms with Gasteiger partial charge in [-0.2, -0.15) is 5.26 Å². The van der Waals surface area contributed by atoms with E-state index in [9.17, 15) is 10.1 Å². The molecule has 2 aromatic rings. The van der Waals surface area contributed by atoms with Crippen molar-refractivity contribution in [2.24, 2.45) is 0 Å². The van der Waals surface area contributed by atoms with Gasteiger partial charge in [0.1, 0.15) is 11.6 Å². The van der Waals surface area contributed by atoms with E-state index in [1.807, 2.05) is 13.0 Å². The van der Waals surface area contributed by atoms with E-state index in [2.05, 4.69) is 21.2 Å². The van der Waals surface area contributed by atoms with Gasteiger partial charge in [0.2, 0.25) is 0 Å². The van der Waals surface area contributed by atoms with Crippen LogP contribution in [0.1, 0.15) is 12.5 Å². The number of ether oxygens (including phenoxy) is 2. The molecule has 0 heterocycles. The van der Waals surface area contributed by atoms with Gasteiger partial charge in [-0.05, 0) is 70.9 Å². The van der Waals surface area contributed by atoms with Crippen molar-refractivity contribution in [3.8, 4) is 17.6 Å². The summed E-state index contributed by atoms with van der Waals surface area (Å²) >= 11 is 9.24. The van der Waals surface area contributed by atoms with Crippen LogP contribution in [0.5, 0.6) is 11.5 Å². The van der Waals surface area contributed by atoms with E-state index in [4.69, 9.17) is 21.1 Å². The molecule has 0 fully saturated rings. The molecule has 2 rings (SSSR count). The molecule has 0 aromatic heterocycles. The predicted octanol–water partition coefficient (Wildman–Crippen LogP) is 5.06. The zero-order valence-corrected chi connectivity index (χ0v) is 16.5. The molecule has 2 aromatic carbocycles. The van der Waals surface area contributed by atoms with Gasteiger partial charge in [0.25, 0.3) is 5.91 Å². The molecule has 134 valence electrons. The zero-order valence-electron chi connectivity index (χ0n) is 14.2. The Balaban J connectivity index is 2.30. The summed E-state index contributed by atoms with van der Waals surface area (Å²) in [5, 5.41) is 12.6. The van der Waals surface area contributed by atoms with Gasteiger partial charge in [-0.1, -0.05) is 11.6 Å². The number of nitriles is 1. The number of hydrogen-bond donors (Lipinski definition) is 1. The van der Waals surface area contributed by atoms with Crippen molar-refractivity contribution >= 4 is 45.2 Å². The Hall–Kier alpha value is -2.49. The minimum atomic E-state index is -0.515. The van der Waals surface area contributed by atoms with Crippen LogP contribution < -0.4 is 14.8 Å². The fourth-order valence-corrected chi connectivity index (χ4v) is 2.85. The third kappa shape index (κ3) is 5.01. The average molecular weight is 436 g/mol. The number of halogens is 2. The summed E-state index contributed by atoms with van der Waals surface area (Å²) in [5.41, 5.74) is 1.13. The van der Waals surface area contributed by atoms with Gasteiger partial charge in [0, 0.05) is 10.7 Å². The quantitative estimate of drug-likeness (QED) is 0.509. The SMILES string of the molecule is CCOc1c(Br)cc(/C=C(/C#N)C(=O)Nc2ccc(Cl)cc2)cc1OC.